The SMILES string of the molecule is COc1cccc(C=C2SC(=N)C(c3nccs3)C2=O)c1OC. The lowest BCUT2D eigenvalue weighted by Crippen LogP contribution is -2.11. The van der Waals surface area contributed by atoms with Crippen molar-refractivity contribution in [2.24, 2.45) is 0 Å². The smallest absolute Gasteiger partial charge is 0.186 e. The molecule has 23 heavy (non-hydrogen) atoms. The van der Waals surface area contributed by atoms with E-state index in [9.17, 15) is 4.79 Å². The highest BCUT2D eigenvalue weighted by Gasteiger charge is 2.38. The van der Waals surface area contributed by atoms with Gasteiger partial charge in [0.25, 0.3) is 0 Å². The first-order chi connectivity index (χ1) is 11.2. The Morgan fingerprint density at radius 2 is 2.13 bits per heavy atom. The second-order valence-corrected chi connectivity index (χ2v) is 6.74. The van der Waals surface area contributed by atoms with Crippen LogP contribution in [-0.2, 0) is 4.79 Å². The minimum Gasteiger partial charge on any atom is -0.493 e. The van der Waals surface area contributed by atoms with Crippen LogP contribution < -0.4 is 9.47 Å². The lowest BCUT2D eigenvalue weighted by atomic mass is 10.0. The van der Waals surface area contributed by atoms with Crippen LogP contribution >= 0.6 is 23.1 Å². The second kappa shape index (κ2) is 6.55. The van der Waals surface area contributed by atoms with Gasteiger partial charge in [0.2, 0.25) is 0 Å². The molecule has 118 valence electrons. The molecule has 5 nitrogen and oxygen atoms in total. The molecule has 1 N–H and O–H groups in total. The van der Waals surface area contributed by atoms with E-state index in [1.165, 1.54) is 23.1 Å². The molecular weight excluding hydrogens is 332 g/mol. The van der Waals surface area contributed by atoms with E-state index < -0.39 is 5.92 Å². The van der Waals surface area contributed by atoms with Crippen LogP contribution in [0.2, 0.25) is 0 Å². The number of carbonyl (C=O) groups excluding carboxylic acids is 1. The number of nitrogens with one attached hydrogen (secondary N) is 1. The van der Waals surface area contributed by atoms with Crippen molar-refractivity contribution in [2.75, 3.05) is 14.2 Å². The molecule has 1 aliphatic heterocycles. The third kappa shape index (κ3) is 2.89. The van der Waals surface area contributed by atoms with Gasteiger partial charge in [-0.2, -0.15) is 0 Å². The minimum atomic E-state index is -0.581. The topological polar surface area (TPSA) is 72.3 Å². The number of ketones is 1. The summed E-state index contributed by atoms with van der Waals surface area (Å²) in [6.45, 7) is 0. The first-order valence-electron chi connectivity index (χ1n) is 6.78. The minimum absolute atomic E-state index is 0.0974. The summed E-state index contributed by atoms with van der Waals surface area (Å²) < 4.78 is 10.7. The highest BCUT2D eigenvalue weighted by molar-refractivity contribution is 8.19. The van der Waals surface area contributed by atoms with Gasteiger partial charge in [-0.05, 0) is 12.1 Å². The Labute approximate surface area is 141 Å². The zero-order valence-electron chi connectivity index (χ0n) is 12.5. The van der Waals surface area contributed by atoms with Gasteiger partial charge < -0.3 is 9.47 Å². The number of aromatic nitrogens is 1. The first-order valence-corrected chi connectivity index (χ1v) is 8.48. The summed E-state index contributed by atoms with van der Waals surface area (Å²) in [6, 6.07) is 5.48. The van der Waals surface area contributed by atoms with Gasteiger partial charge in [0.1, 0.15) is 10.9 Å². The molecule has 2 aromatic rings. The van der Waals surface area contributed by atoms with E-state index in [2.05, 4.69) is 4.98 Å². The maximum absolute atomic E-state index is 12.6. The number of hydrogen-bond donors (Lipinski definition) is 1. The van der Waals surface area contributed by atoms with Crippen LogP contribution in [0, 0.1) is 5.41 Å². The molecule has 0 saturated carbocycles. The summed E-state index contributed by atoms with van der Waals surface area (Å²) in [5.74, 6) is 0.492. The Hall–Kier alpha value is -2.12. The van der Waals surface area contributed by atoms with Crippen molar-refractivity contribution in [1.29, 1.82) is 5.41 Å². The maximum atomic E-state index is 12.6. The van der Waals surface area contributed by atoms with E-state index in [1.54, 1.807) is 32.6 Å². The van der Waals surface area contributed by atoms with E-state index in [4.69, 9.17) is 14.9 Å². The maximum Gasteiger partial charge on any atom is 0.186 e. The number of thiazole rings is 1. The molecule has 1 unspecified atom stereocenters. The normalized spacial score (nSPS) is 19.4. The molecule has 1 fully saturated rings. The number of benzene rings is 1. The summed E-state index contributed by atoms with van der Waals surface area (Å²) in [5.41, 5.74) is 0.746. The Morgan fingerprint density at radius 1 is 1.30 bits per heavy atom. The van der Waals surface area contributed by atoms with Crippen LogP contribution in [0.5, 0.6) is 11.5 Å². The Kier molecular flexibility index (Phi) is 4.49. The van der Waals surface area contributed by atoms with Gasteiger partial charge in [-0.1, -0.05) is 23.9 Å². The quantitative estimate of drug-likeness (QED) is 0.857. The zero-order valence-corrected chi connectivity index (χ0v) is 14.2. The molecule has 1 aromatic carbocycles. The number of ether oxygens (including phenoxy) is 2. The molecule has 2 heterocycles. The average Bonchev–Trinajstić information content (AvgIpc) is 3.16. The third-order valence-corrected chi connectivity index (χ3v) is 5.24. The number of thioether (sulfide) groups is 1. The standard InChI is InChI=1S/C16H14N2O3S2/c1-20-10-5-3-4-9(14(10)21-2)8-11-13(19)12(15(17)23-11)16-18-6-7-22-16/h3-8,12,17H,1-2H3. The predicted octanol–water partition coefficient (Wildman–Crippen LogP) is 3.58. The van der Waals surface area contributed by atoms with Crippen molar-refractivity contribution in [3.05, 3.63) is 45.3 Å². The number of allylic oxidation sites excluding steroid dienone is 1. The van der Waals surface area contributed by atoms with Gasteiger partial charge >= 0.3 is 0 Å². The van der Waals surface area contributed by atoms with Gasteiger partial charge in [-0.15, -0.1) is 11.3 Å². The molecule has 0 radical (unpaired) electrons. The number of carbonyl (C=O) groups is 1. The fourth-order valence-corrected chi connectivity index (χ4v) is 4.15. The third-order valence-electron chi connectivity index (χ3n) is 3.41. The lowest BCUT2D eigenvalue weighted by Gasteiger charge is -2.10. The number of rotatable bonds is 4. The molecule has 1 aromatic heterocycles. The van der Waals surface area contributed by atoms with Gasteiger partial charge in [0.05, 0.1) is 24.2 Å². The van der Waals surface area contributed by atoms with Crippen molar-refractivity contribution < 1.29 is 14.3 Å². The summed E-state index contributed by atoms with van der Waals surface area (Å²) in [5, 5.41) is 10.9. The zero-order chi connectivity index (χ0) is 16.4. The van der Waals surface area contributed by atoms with Gasteiger partial charge in [-0.25, -0.2) is 4.98 Å². The molecule has 0 aliphatic carbocycles. The van der Waals surface area contributed by atoms with Crippen LogP contribution in [0.1, 0.15) is 16.5 Å². The Balaban J connectivity index is 1.99. The van der Waals surface area contributed by atoms with Gasteiger partial charge in [-0.3, -0.25) is 10.2 Å². The number of methoxy groups -OCH3 is 2. The first kappa shape index (κ1) is 15.8. The summed E-state index contributed by atoms with van der Waals surface area (Å²) >= 11 is 2.56. The molecule has 1 saturated heterocycles. The van der Waals surface area contributed by atoms with Crippen molar-refractivity contribution in [2.45, 2.75) is 5.92 Å². The van der Waals surface area contributed by atoms with E-state index in [0.717, 1.165) is 5.56 Å². The van der Waals surface area contributed by atoms with Crippen LogP contribution in [0.4, 0.5) is 0 Å². The molecule has 1 atom stereocenters. The van der Waals surface area contributed by atoms with Crippen LogP contribution in [-0.4, -0.2) is 30.0 Å². The molecule has 0 bridgehead atoms. The summed E-state index contributed by atoms with van der Waals surface area (Å²) in [4.78, 5) is 17.3. The highest BCUT2D eigenvalue weighted by Crippen LogP contribution is 2.42. The monoisotopic (exact) mass is 346 g/mol. The molecule has 3 rings (SSSR count). The van der Waals surface area contributed by atoms with E-state index in [0.29, 0.717) is 26.5 Å². The Morgan fingerprint density at radius 3 is 2.78 bits per heavy atom. The van der Waals surface area contributed by atoms with Gasteiger partial charge in [0.15, 0.2) is 17.3 Å². The summed E-state index contributed by atoms with van der Waals surface area (Å²) in [7, 11) is 3.13. The number of hydrogen-bond acceptors (Lipinski definition) is 7. The van der Waals surface area contributed by atoms with Crippen molar-refractivity contribution >= 4 is 40.0 Å². The average molecular weight is 346 g/mol. The van der Waals surface area contributed by atoms with Crippen LogP contribution in [0.3, 0.4) is 0 Å². The number of nitrogens with zero attached hydrogens (tertiary/aromatic N) is 1. The highest BCUT2D eigenvalue weighted by atomic mass is 32.2. The molecular formula is C16H14N2O3S2. The van der Waals surface area contributed by atoms with Crippen molar-refractivity contribution in [3.63, 3.8) is 0 Å². The largest absolute Gasteiger partial charge is 0.493 e. The number of Topliss-reactive ketones (excluding diaryl/α,β-unsaturated/α-hetero) is 1. The van der Waals surface area contributed by atoms with Crippen LogP contribution in [0.25, 0.3) is 6.08 Å². The van der Waals surface area contributed by atoms with E-state index >= 15 is 0 Å². The van der Waals surface area contributed by atoms with E-state index in [-0.39, 0.29) is 5.78 Å². The molecule has 1 aliphatic rings. The predicted molar refractivity (Wildman–Crippen MR) is 92.7 cm³/mol. The fraction of sp³-hybridized carbons (Fsp3) is 0.188. The van der Waals surface area contributed by atoms with Crippen molar-refractivity contribution in [1.82, 2.24) is 4.98 Å². The van der Waals surface area contributed by atoms with Gasteiger partial charge in [0, 0.05) is 17.1 Å². The molecule has 7 heteroatoms. The number of para-hydroxylation sites is 1. The molecule has 0 amide bonds. The summed E-state index contributed by atoms with van der Waals surface area (Å²) in [6.07, 6.45) is 3.40. The van der Waals surface area contributed by atoms with Crippen molar-refractivity contribution in [3.8, 4) is 11.5 Å². The Bertz CT molecular complexity index is 785. The molecule has 0 spiro atoms. The van der Waals surface area contributed by atoms with Crippen LogP contribution in [0.15, 0.2) is 34.7 Å². The fourth-order valence-electron chi connectivity index (χ4n) is 2.36. The second-order valence-electron chi connectivity index (χ2n) is 4.73. The van der Waals surface area contributed by atoms with E-state index in [1.807, 2.05) is 17.5 Å². The lowest BCUT2D eigenvalue weighted by molar-refractivity contribution is -0.114.